The van der Waals surface area contributed by atoms with Crippen LogP contribution in [-0.4, -0.2) is 45.2 Å². The molecule has 0 aromatic carbocycles. The normalized spacial score (nSPS) is 36.4. The van der Waals surface area contributed by atoms with Crippen LogP contribution in [0.2, 0.25) is 0 Å². The number of carbonyl (C=O) groups excluding carboxylic acids is 1. The van der Waals surface area contributed by atoms with Crippen LogP contribution in [0.5, 0.6) is 0 Å². The van der Waals surface area contributed by atoms with E-state index >= 15 is 0 Å². The molecule has 3 fully saturated rings. The van der Waals surface area contributed by atoms with Gasteiger partial charge >= 0.3 is 5.97 Å². The summed E-state index contributed by atoms with van der Waals surface area (Å²) in [7, 11) is 0. The van der Waals surface area contributed by atoms with Crippen LogP contribution in [0.4, 0.5) is 0 Å². The van der Waals surface area contributed by atoms with Crippen LogP contribution in [0.15, 0.2) is 6.20 Å². The number of nitrogens with zero attached hydrogens (tertiary/aromatic N) is 2. The molecule has 22 heavy (non-hydrogen) atoms. The first-order chi connectivity index (χ1) is 10.5. The maximum absolute atomic E-state index is 12.8. The summed E-state index contributed by atoms with van der Waals surface area (Å²) in [5.41, 5.74) is 0.851. The molecule has 3 aliphatic rings. The second-order valence-corrected chi connectivity index (χ2v) is 7.24. The highest BCUT2D eigenvalue weighted by atomic mass is 16.4. The van der Waals surface area contributed by atoms with Crippen molar-refractivity contribution in [2.75, 3.05) is 13.1 Å². The maximum Gasteiger partial charge on any atom is 0.354 e. The van der Waals surface area contributed by atoms with E-state index in [9.17, 15) is 14.7 Å². The lowest BCUT2D eigenvalue weighted by molar-refractivity contribution is -0.142. The molecular weight excluding hydrogens is 282 g/mol. The Balaban J connectivity index is 1.50. The number of rotatable bonds is 3. The summed E-state index contributed by atoms with van der Waals surface area (Å²) in [5.74, 6) is 0.694. The molecule has 2 heterocycles. The Bertz CT molecular complexity index is 640. The summed E-state index contributed by atoms with van der Waals surface area (Å²) in [5, 5.41) is 15.7. The number of carboxylic acids is 1. The van der Waals surface area contributed by atoms with Crippen LogP contribution in [-0.2, 0) is 4.79 Å². The summed E-state index contributed by atoms with van der Waals surface area (Å²) in [6.07, 6.45) is 5.53. The zero-order valence-corrected chi connectivity index (χ0v) is 12.7. The molecular formula is C16H21N3O3. The molecule has 4 atom stereocenters. The number of fused-ring (bicyclic) bond motifs is 1. The van der Waals surface area contributed by atoms with Gasteiger partial charge in [0, 0.05) is 24.6 Å². The van der Waals surface area contributed by atoms with E-state index in [1.807, 2.05) is 4.90 Å². The Labute approximate surface area is 128 Å². The van der Waals surface area contributed by atoms with E-state index in [4.69, 9.17) is 0 Å². The zero-order valence-electron chi connectivity index (χ0n) is 12.7. The van der Waals surface area contributed by atoms with Gasteiger partial charge in [0.1, 0.15) is 5.69 Å². The minimum atomic E-state index is -0.982. The van der Waals surface area contributed by atoms with Crippen molar-refractivity contribution in [2.24, 2.45) is 17.3 Å². The predicted octanol–water partition coefficient (Wildman–Crippen LogP) is 1.86. The number of amides is 1. The van der Waals surface area contributed by atoms with Crippen molar-refractivity contribution < 1.29 is 14.7 Å². The van der Waals surface area contributed by atoms with Gasteiger partial charge in [-0.2, -0.15) is 5.10 Å². The quantitative estimate of drug-likeness (QED) is 0.892. The van der Waals surface area contributed by atoms with Gasteiger partial charge in [-0.05, 0) is 37.5 Å². The van der Waals surface area contributed by atoms with E-state index in [1.165, 1.54) is 0 Å². The van der Waals surface area contributed by atoms with Gasteiger partial charge in [-0.25, -0.2) is 4.79 Å². The molecule has 0 bridgehead atoms. The van der Waals surface area contributed by atoms with Gasteiger partial charge in [-0.1, -0.05) is 6.92 Å². The van der Waals surface area contributed by atoms with Crippen LogP contribution in [0.25, 0.3) is 0 Å². The number of aromatic carboxylic acids is 1. The summed E-state index contributed by atoms with van der Waals surface area (Å²) in [6.45, 7) is 3.66. The number of hydrogen-bond acceptors (Lipinski definition) is 3. The lowest BCUT2D eigenvalue weighted by Crippen LogP contribution is -2.47. The van der Waals surface area contributed by atoms with Crippen LogP contribution < -0.4 is 0 Å². The van der Waals surface area contributed by atoms with E-state index in [2.05, 4.69) is 17.1 Å². The SMILES string of the molecule is C[C@@H]1C[C@]2(C(=O)N3CCCC(c4cn[nH]c4C(=O)O)C3)C[C@H]12. The first-order valence-electron chi connectivity index (χ1n) is 8.09. The number of hydrogen-bond donors (Lipinski definition) is 2. The van der Waals surface area contributed by atoms with Gasteiger partial charge in [-0.15, -0.1) is 0 Å². The van der Waals surface area contributed by atoms with Gasteiger partial charge in [0.25, 0.3) is 0 Å². The van der Waals surface area contributed by atoms with Gasteiger partial charge < -0.3 is 10.0 Å². The molecule has 0 spiro atoms. The molecule has 118 valence electrons. The minimum Gasteiger partial charge on any atom is -0.477 e. The highest BCUT2D eigenvalue weighted by Crippen LogP contribution is 2.71. The second-order valence-electron chi connectivity index (χ2n) is 7.24. The molecule has 6 heteroatoms. The number of carbonyl (C=O) groups is 2. The van der Waals surface area contributed by atoms with Crippen molar-refractivity contribution in [3.05, 3.63) is 17.5 Å². The smallest absolute Gasteiger partial charge is 0.354 e. The number of carboxylic acid groups (broad SMARTS) is 1. The number of H-pyrrole nitrogens is 1. The number of nitrogens with one attached hydrogen (secondary N) is 1. The monoisotopic (exact) mass is 303 g/mol. The van der Waals surface area contributed by atoms with Gasteiger partial charge in [0.2, 0.25) is 5.91 Å². The third-order valence-electron chi connectivity index (χ3n) is 5.96. The van der Waals surface area contributed by atoms with Crippen molar-refractivity contribution >= 4 is 11.9 Å². The lowest BCUT2D eigenvalue weighted by Gasteiger charge is -2.39. The fraction of sp³-hybridized carbons (Fsp3) is 0.688. The molecule has 1 amide bonds. The molecule has 1 aliphatic heterocycles. The van der Waals surface area contributed by atoms with Gasteiger partial charge in [-0.3, -0.25) is 9.89 Å². The highest BCUT2D eigenvalue weighted by Gasteiger charge is 2.70. The fourth-order valence-electron chi connectivity index (χ4n) is 4.71. The molecule has 2 aliphatic carbocycles. The Morgan fingerprint density at radius 3 is 2.91 bits per heavy atom. The Kier molecular flexibility index (Phi) is 2.86. The van der Waals surface area contributed by atoms with Crippen molar-refractivity contribution in [3.8, 4) is 0 Å². The number of likely N-dealkylation sites (tertiary alicyclic amines) is 1. The standard InChI is InChI=1S/C16H21N3O3/c1-9-5-16(6-12(9)16)15(22)19-4-2-3-10(8-19)11-7-17-18-13(11)14(20)21/h7,9-10,12H,2-6,8H2,1H3,(H,17,18)(H,20,21)/t9-,10?,12-,16+/m1/s1. The highest BCUT2D eigenvalue weighted by molar-refractivity contribution is 5.88. The first-order valence-corrected chi connectivity index (χ1v) is 8.09. The topological polar surface area (TPSA) is 86.3 Å². The van der Waals surface area contributed by atoms with Crippen LogP contribution >= 0.6 is 0 Å². The lowest BCUT2D eigenvalue weighted by atomic mass is 9.74. The van der Waals surface area contributed by atoms with E-state index in [-0.39, 0.29) is 17.0 Å². The second kappa shape index (κ2) is 4.57. The van der Waals surface area contributed by atoms with Crippen LogP contribution in [0.1, 0.15) is 54.6 Å². The maximum atomic E-state index is 12.8. The summed E-state index contributed by atoms with van der Waals surface area (Å²) >= 11 is 0. The predicted molar refractivity (Wildman–Crippen MR) is 78.4 cm³/mol. The molecule has 2 saturated carbocycles. The van der Waals surface area contributed by atoms with Crippen LogP contribution in [0.3, 0.4) is 0 Å². The Morgan fingerprint density at radius 1 is 1.45 bits per heavy atom. The van der Waals surface area contributed by atoms with Crippen molar-refractivity contribution in [1.29, 1.82) is 0 Å². The van der Waals surface area contributed by atoms with Gasteiger partial charge in [0.15, 0.2) is 0 Å². The van der Waals surface area contributed by atoms with E-state index in [1.54, 1.807) is 6.20 Å². The van der Waals surface area contributed by atoms with E-state index in [0.717, 1.165) is 37.8 Å². The zero-order chi connectivity index (χ0) is 15.5. The van der Waals surface area contributed by atoms with Crippen molar-refractivity contribution in [2.45, 2.75) is 38.5 Å². The summed E-state index contributed by atoms with van der Waals surface area (Å²) in [6, 6.07) is 0. The van der Waals surface area contributed by atoms with E-state index < -0.39 is 5.97 Å². The average Bonchev–Trinajstić information content (AvgIpc) is 2.90. The van der Waals surface area contributed by atoms with Crippen LogP contribution in [0, 0.1) is 17.3 Å². The third kappa shape index (κ3) is 1.82. The first kappa shape index (κ1) is 13.8. The average molecular weight is 303 g/mol. The van der Waals surface area contributed by atoms with Crippen molar-refractivity contribution in [3.63, 3.8) is 0 Å². The molecule has 4 rings (SSSR count). The van der Waals surface area contributed by atoms with E-state index in [0.29, 0.717) is 24.3 Å². The summed E-state index contributed by atoms with van der Waals surface area (Å²) in [4.78, 5) is 26.0. The number of aromatic amines is 1. The Morgan fingerprint density at radius 2 is 2.27 bits per heavy atom. The molecule has 1 saturated heterocycles. The minimum absolute atomic E-state index is 0.0483. The summed E-state index contributed by atoms with van der Waals surface area (Å²) < 4.78 is 0. The third-order valence-corrected chi connectivity index (χ3v) is 5.96. The molecule has 1 aromatic heterocycles. The van der Waals surface area contributed by atoms with Crippen molar-refractivity contribution in [1.82, 2.24) is 15.1 Å². The number of aromatic nitrogens is 2. The van der Waals surface area contributed by atoms with Gasteiger partial charge in [0.05, 0.1) is 11.6 Å². The molecule has 0 radical (unpaired) electrons. The molecule has 6 nitrogen and oxygen atoms in total. The molecule has 1 aromatic rings. The fourth-order valence-corrected chi connectivity index (χ4v) is 4.71. The number of piperidine rings is 1. The molecule has 2 N–H and O–H groups in total. The largest absolute Gasteiger partial charge is 0.477 e. The molecule has 1 unspecified atom stereocenters. The Hall–Kier alpha value is -1.85.